The summed E-state index contributed by atoms with van der Waals surface area (Å²) in [6.45, 7) is 3.64. The van der Waals surface area contributed by atoms with Crippen molar-refractivity contribution in [3.63, 3.8) is 0 Å². The summed E-state index contributed by atoms with van der Waals surface area (Å²) in [7, 11) is 0. The highest BCUT2D eigenvalue weighted by molar-refractivity contribution is 5.91. The van der Waals surface area contributed by atoms with Crippen molar-refractivity contribution in [3.8, 4) is 0 Å². The highest BCUT2D eigenvalue weighted by atomic mass is 16.6. The number of rotatable bonds is 7. The molecule has 2 unspecified atom stereocenters. The number of aliphatic hydroxyl groups excluding tert-OH is 1. The van der Waals surface area contributed by atoms with Crippen LogP contribution in [0.3, 0.4) is 0 Å². The van der Waals surface area contributed by atoms with Gasteiger partial charge in [-0.05, 0) is 19.9 Å². The Kier molecular flexibility index (Phi) is 6.08. The van der Waals surface area contributed by atoms with Gasteiger partial charge in [0.2, 0.25) is 5.91 Å². The summed E-state index contributed by atoms with van der Waals surface area (Å²) < 4.78 is 0. The molecule has 7 nitrogen and oxygen atoms in total. The molecule has 0 aromatic heterocycles. The second-order valence-corrected chi connectivity index (χ2v) is 4.71. The van der Waals surface area contributed by atoms with E-state index in [2.05, 4.69) is 10.6 Å². The summed E-state index contributed by atoms with van der Waals surface area (Å²) in [6.07, 6.45) is 0.215. The molecule has 1 aromatic carbocycles. The van der Waals surface area contributed by atoms with Crippen LogP contribution in [0.5, 0.6) is 0 Å². The van der Waals surface area contributed by atoms with Crippen LogP contribution in [0.2, 0.25) is 0 Å². The maximum atomic E-state index is 11.8. The lowest BCUT2D eigenvalue weighted by Gasteiger charge is -2.17. The van der Waals surface area contributed by atoms with E-state index in [1.54, 1.807) is 6.07 Å². The molecule has 7 heteroatoms. The van der Waals surface area contributed by atoms with Crippen LogP contribution in [0, 0.1) is 10.1 Å². The van der Waals surface area contributed by atoms with E-state index in [-0.39, 0.29) is 36.7 Å². The van der Waals surface area contributed by atoms with Gasteiger partial charge in [0.15, 0.2) is 0 Å². The number of hydrogen-bond donors (Lipinski definition) is 3. The van der Waals surface area contributed by atoms with Crippen LogP contribution in [0.1, 0.15) is 20.3 Å². The average Bonchev–Trinajstić information content (AvgIpc) is 2.38. The van der Waals surface area contributed by atoms with E-state index >= 15 is 0 Å². The van der Waals surface area contributed by atoms with Gasteiger partial charge in [-0.1, -0.05) is 6.07 Å². The Hall–Kier alpha value is -1.99. The highest BCUT2D eigenvalue weighted by Gasteiger charge is 2.12. The zero-order valence-corrected chi connectivity index (χ0v) is 11.5. The van der Waals surface area contributed by atoms with Gasteiger partial charge in [0, 0.05) is 36.3 Å². The van der Waals surface area contributed by atoms with E-state index in [4.69, 9.17) is 5.11 Å². The molecular formula is C13H19N3O4. The van der Waals surface area contributed by atoms with Crippen LogP contribution in [-0.2, 0) is 4.79 Å². The van der Waals surface area contributed by atoms with E-state index in [9.17, 15) is 14.9 Å². The molecule has 0 bridgehead atoms. The average molecular weight is 281 g/mol. The molecular weight excluding hydrogens is 262 g/mol. The Labute approximate surface area is 117 Å². The summed E-state index contributed by atoms with van der Waals surface area (Å²) in [5.41, 5.74) is 0.328. The molecule has 0 radical (unpaired) electrons. The van der Waals surface area contributed by atoms with Crippen molar-refractivity contribution in [1.82, 2.24) is 5.32 Å². The molecule has 110 valence electrons. The van der Waals surface area contributed by atoms with Crippen molar-refractivity contribution in [1.29, 1.82) is 0 Å². The fraction of sp³-hybridized carbons (Fsp3) is 0.462. The fourth-order valence-corrected chi connectivity index (χ4v) is 1.78. The van der Waals surface area contributed by atoms with Crippen LogP contribution >= 0.6 is 0 Å². The molecule has 0 aliphatic heterocycles. The smallest absolute Gasteiger partial charge is 0.271 e. The second kappa shape index (κ2) is 7.56. The van der Waals surface area contributed by atoms with Gasteiger partial charge < -0.3 is 15.7 Å². The number of carbonyl (C=O) groups is 1. The van der Waals surface area contributed by atoms with E-state index in [0.29, 0.717) is 5.69 Å². The number of nitrogens with zero attached hydrogens (tertiary/aromatic N) is 1. The molecule has 3 N–H and O–H groups in total. The normalized spacial score (nSPS) is 13.6. The van der Waals surface area contributed by atoms with Crippen molar-refractivity contribution in [3.05, 3.63) is 34.4 Å². The molecule has 0 fully saturated rings. The molecule has 1 amide bonds. The molecule has 0 aliphatic carbocycles. The Morgan fingerprint density at radius 1 is 1.40 bits per heavy atom. The van der Waals surface area contributed by atoms with Gasteiger partial charge in [-0.25, -0.2) is 0 Å². The van der Waals surface area contributed by atoms with Gasteiger partial charge in [0.25, 0.3) is 5.69 Å². The van der Waals surface area contributed by atoms with Crippen molar-refractivity contribution in [2.24, 2.45) is 0 Å². The van der Waals surface area contributed by atoms with E-state index in [0.717, 1.165) is 0 Å². The van der Waals surface area contributed by atoms with Crippen LogP contribution in [0.25, 0.3) is 0 Å². The van der Waals surface area contributed by atoms with E-state index in [1.807, 2.05) is 13.8 Å². The first-order valence-electron chi connectivity index (χ1n) is 6.33. The number of nitrogens with one attached hydrogen (secondary N) is 2. The first-order valence-corrected chi connectivity index (χ1v) is 6.33. The van der Waals surface area contributed by atoms with Gasteiger partial charge in [-0.3, -0.25) is 14.9 Å². The summed E-state index contributed by atoms with van der Waals surface area (Å²) in [5.74, 6) is -0.240. The molecule has 0 saturated heterocycles. The molecule has 0 spiro atoms. The largest absolute Gasteiger partial charge is 0.395 e. The number of aliphatic hydroxyl groups is 1. The first kappa shape index (κ1) is 16.1. The molecule has 20 heavy (non-hydrogen) atoms. The zero-order chi connectivity index (χ0) is 15.1. The second-order valence-electron chi connectivity index (χ2n) is 4.71. The maximum absolute atomic E-state index is 11.8. The molecule has 0 heterocycles. The van der Waals surface area contributed by atoms with Crippen LogP contribution in [0.15, 0.2) is 24.3 Å². The topological polar surface area (TPSA) is 104 Å². The standard InChI is InChI=1S/C13H19N3O4/c1-9(14-10(2)8-17)6-13(18)15-11-4-3-5-12(7-11)16(19)20/h3-5,7,9-10,14,17H,6,8H2,1-2H3,(H,15,18). The number of non-ortho nitro benzene ring substituents is 1. The minimum Gasteiger partial charge on any atom is -0.395 e. The minimum absolute atomic E-state index is 0.00314. The lowest BCUT2D eigenvalue weighted by atomic mass is 10.2. The minimum atomic E-state index is -0.511. The lowest BCUT2D eigenvalue weighted by molar-refractivity contribution is -0.384. The quantitative estimate of drug-likeness (QED) is 0.516. The third-order valence-electron chi connectivity index (χ3n) is 2.68. The number of nitro benzene ring substituents is 1. The van der Waals surface area contributed by atoms with Crippen LogP contribution < -0.4 is 10.6 Å². The monoisotopic (exact) mass is 281 g/mol. The van der Waals surface area contributed by atoms with Crippen molar-refractivity contribution in [2.75, 3.05) is 11.9 Å². The lowest BCUT2D eigenvalue weighted by Crippen LogP contribution is -2.38. The summed E-state index contributed by atoms with van der Waals surface area (Å²) >= 11 is 0. The zero-order valence-electron chi connectivity index (χ0n) is 11.5. The molecule has 2 atom stereocenters. The van der Waals surface area contributed by atoms with Crippen LogP contribution in [-0.4, -0.2) is 34.6 Å². The number of anilines is 1. The predicted molar refractivity (Wildman–Crippen MR) is 75.5 cm³/mol. The van der Waals surface area contributed by atoms with Gasteiger partial charge in [0.05, 0.1) is 11.5 Å². The van der Waals surface area contributed by atoms with Crippen molar-refractivity contribution >= 4 is 17.3 Å². The third-order valence-corrected chi connectivity index (χ3v) is 2.68. The number of amides is 1. The summed E-state index contributed by atoms with van der Waals surface area (Å²) in [6, 6.07) is 5.60. The number of nitro groups is 1. The van der Waals surface area contributed by atoms with Gasteiger partial charge in [-0.15, -0.1) is 0 Å². The Morgan fingerprint density at radius 2 is 2.10 bits per heavy atom. The van der Waals surface area contributed by atoms with Crippen molar-refractivity contribution in [2.45, 2.75) is 32.4 Å². The fourth-order valence-electron chi connectivity index (χ4n) is 1.78. The van der Waals surface area contributed by atoms with Gasteiger partial charge >= 0.3 is 0 Å². The number of hydrogen-bond acceptors (Lipinski definition) is 5. The summed E-state index contributed by atoms with van der Waals surface area (Å²) in [4.78, 5) is 21.9. The molecule has 0 aliphatic rings. The Bertz CT molecular complexity index is 478. The molecule has 1 aromatic rings. The van der Waals surface area contributed by atoms with Gasteiger partial charge in [0.1, 0.15) is 0 Å². The number of carbonyl (C=O) groups excluding carboxylic acids is 1. The molecule has 0 saturated carbocycles. The third kappa shape index (κ3) is 5.33. The number of benzene rings is 1. The first-order chi connectivity index (χ1) is 9.42. The Balaban J connectivity index is 2.54. The van der Waals surface area contributed by atoms with E-state index < -0.39 is 4.92 Å². The van der Waals surface area contributed by atoms with Gasteiger partial charge in [-0.2, -0.15) is 0 Å². The summed E-state index contributed by atoms with van der Waals surface area (Å²) in [5, 5.41) is 25.2. The predicted octanol–water partition coefficient (Wildman–Crippen LogP) is 1.28. The maximum Gasteiger partial charge on any atom is 0.271 e. The van der Waals surface area contributed by atoms with E-state index in [1.165, 1.54) is 18.2 Å². The Morgan fingerprint density at radius 3 is 2.70 bits per heavy atom. The molecule has 1 rings (SSSR count). The van der Waals surface area contributed by atoms with Crippen LogP contribution in [0.4, 0.5) is 11.4 Å². The van der Waals surface area contributed by atoms with Crippen molar-refractivity contribution < 1.29 is 14.8 Å². The highest BCUT2D eigenvalue weighted by Crippen LogP contribution is 2.17. The SMILES string of the molecule is CC(CO)NC(C)CC(=O)Nc1cccc([N+](=O)[O-])c1.